The molecule has 1 heterocycles. The van der Waals surface area contributed by atoms with E-state index in [1.165, 1.54) is 23.1 Å². The van der Waals surface area contributed by atoms with Gasteiger partial charge < -0.3 is 5.32 Å². The topological polar surface area (TPSA) is 12.0 Å². The lowest BCUT2D eigenvalue weighted by molar-refractivity contribution is 0.643. The Kier molecular flexibility index (Phi) is 3.54. The predicted octanol–water partition coefficient (Wildman–Crippen LogP) is 1.89. The third-order valence-corrected chi connectivity index (χ3v) is 2.25. The molecular weight excluding hydrogens is 158 g/mol. The molecule has 0 radical (unpaired) electrons. The van der Waals surface area contributed by atoms with Crippen molar-refractivity contribution in [3.05, 3.63) is 34.9 Å². The van der Waals surface area contributed by atoms with E-state index < -0.39 is 0 Å². The van der Waals surface area contributed by atoms with Gasteiger partial charge in [-0.05, 0) is 31.0 Å². The molecule has 0 saturated heterocycles. The second-order valence-electron chi connectivity index (χ2n) is 3.20. The van der Waals surface area contributed by atoms with Crippen LogP contribution in [0.15, 0.2) is 18.2 Å². The first-order valence-electron chi connectivity index (χ1n) is 4.49. The predicted molar refractivity (Wildman–Crippen MR) is 56.5 cm³/mol. The number of nitrogens with one attached hydrogen (secondary N) is 1. The molecule has 1 nitrogen and oxygen atoms in total. The second-order valence-corrected chi connectivity index (χ2v) is 3.20. The van der Waals surface area contributed by atoms with E-state index in [1.807, 2.05) is 0 Å². The summed E-state index contributed by atoms with van der Waals surface area (Å²) in [6, 6.07) is 6.72. The van der Waals surface area contributed by atoms with Gasteiger partial charge >= 0.3 is 0 Å². The van der Waals surface area contributed by atoms with Gasteiger partial charge in [-0.15, -0.1) is 12.8 Å². The van der Waals surface area contributed by atoms with E-state index in [2.05, 4.69) is 43.3 Å². The summed E-state index contributed by atoms with van der Waals surface area (Å²) < 4.78 is 0. The molecule has 0 unspecified atom stereocenters. The number of benzene rings is 1. The van der Waals surface area contributed by atoms with Gasteiger partial charge in [-0.2, -0.15) is 0 Å². The van der Waals surface area contributed by atoms with Crippen LogP contribution >= 0.6 is 0 Å². The van der Waals surface area contributed by atoms with E-state index >= 15 is 0 Å². The highest BCUT2D eigenvalue weighted by Crippen LogP contribution is 2.14. The largest absolute Gasteiger partial charge is 0.312 e. The van der Waals surface area contributed by atoms with Crippen LogP contribution < -0.4 is 5.32 Å². The highest BCUT2D eigenvalue weighted by atomic mass is 14.9. The lowest BCUT2D eigenvalue weighted by atomic mass is 9.99. The molecule has 1 aliphatic rings. The summed E-state index contributed by atoms with van der Waals surface area (Å²) in [5.41, 5.74) is 4.39. The molecule has 2 rings (SSSR count). The fraction of sp³-hybridized carbons (Fsp3) is 0.333. The second kappa shape index (κ2) is 4.69. The quantitative estimate of drug-likeness (QED) is 0.591. The van der Waals surface area contributed by atoms with Crippen molar-refractivity contribution in [2.75, 3.05) is 6.54 Å². The Hall–Kier alpha value is -1.26. The summed E-state index contributed by atoms with van der Waals surface area (Å²) in [5.74, 6) is 0. The summed E-state index contributed by atoms with van der Waals surface area (Å²) >= 11 is 0. The monoisotopic (exact) mass is 173 g/mol. The molecule has 1 aromatic carbocycles. The summed E-state index contributed by atoms with van der Waals surface area (Å²) in [4.78, 5) is 0. The van der Waals surface area contributed by atoms with E-state index in [0.29, 0.717) is 0 Å². The van der Waals surface area contributed by atoms with Gasteiger partial charge in [0.15, 0.2) is 0 Å². The van der Waals surface area contributed by atoms with Gasteiger partial charge in [-0.1, -0.05) is 23.8 Å². The first-order valence-corrected chi connectivity index (χ1v) is 4.49. The molecule has 0 atom stereocenters. The summed E-state index contributed by atoms with van der Waals surface area (Å²) in [7, 11) is 0. The minimum atomic E-state index is 1.05. The summed E-state index contributed by atoms with van der Waals surface area (Å²) in [6.07, 6.45) is 9.19. The van der Waals surface area contributed by atoms with Gasteiger partial charge in [-0.25, -0.2) is 0 Å². The SMILES string of the molecule is C#C.Cc1ccc2c(c1)CCNC2. The zero-order valence-electron chi connectivity index (χ0n) is 8.01. The molecule has 0 bridgehead atoms. The van der Waals surface area contributed by atoms with Crippen molar-refractivity contribution >= 4 is 0 Å². The van der Waals surface area contributed by atoms with Crippen LogP contribution in [-0.4, -0.2) is 6.54 Å². The van der Waals surface area contributed by atoms with Crippen LogP contribution in [0.2, 0.25) is 0 Å². The molecule has 68 valence electrons. The molecule has 1 aromatic rings. The van der Waals surface area contributed by atoms with Gasteiger partial charge in [0.05, 0.1) is 0 Å². The molecule has 0 saturated carbocycles. The lowest BCUT2D eigenvalue weighted by Gasteiger charge is -2.16. The maximum absolute atomic E-state index is 4.00. The number of aryl methyl sites for hydroxylation is 1. The average molecular weight is 173 g/mol. The van der Waals surface area contributed by atoms with Crippen LogP contribution in [0.1, 0.15) is 16.7 Å². The van der Waals surface area contributed by atoms with E-state index in [9.17, 15) is 0 Å². The van der Waals surface area contributed by atoms with Crippen molar-refractivity contribution in [2.45, 2.75) is 19.9 Å². The zero-order valence-corrected chi connectivity index (χ0v) is 8.01. The zero-order chi connectivity index (χ0) is 9.68. The summed E-state index contributed by atoms with van der Waals surface area (Å²) in [5, 5.41) is 3.36. The molecular formula is C12H15N. The Morgan fingerprint density at radius 1 is 1.23 bits per heavy atom. The highest BCUT2D eigenvalue weighted by molar-refractivity contribution is 5.32. The van der Waals surface area contributed by atoms with Crippen LogP contribution in [0.25, 0.3) is 0 Å². The minimum absolute atomic E-state index is 1.05. The maximum atomic E-state index is 4.00. The normalized spacial score (nSPS) is 13.8. The highest BCUT2D eigenvalue weighted by Gasteiger charge is 2.06. The smallest absolute Gasteiger partial charge is 0.0208 e. The molecule has 0 spiro atoms. The van der Waals surface area contributed by atoms with Crippen LogP contribution in [0.5, 0.6) is 0 Å². The van der Waals surface area contributed by atoms with Gasteiger partial charge in [0.2, 0.25) is 0 Å². The van der Waals surface area contributed by atoms with Crippen molar-refractivity contribution in [1.29, 1.82) is 0 Å². The van der Waals surface area contributed by atoms with E-state index in [0.717, 1.165) is 13.1 Å². The van der Waals surface area contributed by atoms with Crippen LogP contribution in [0.4, 0.5) is 0 Å². The molecule has 13 heavy (non-hydrogen) atoms. The average Bonchev–Trinajstić information content (AvgIpc) is 2.21. The van der Waals surface area contributed by atoms with Crippen molar-refractivity contribution < 1.29 is 0 Å². The van der Waals surface area contributed by atoms with Crippen LogP contribution in [0.3, 0.4) is 0 Å². The van der Waals surface area contributed by atoms with Crippen molar-refractivity contribution in [3.8, 4) is 12.8 Å². The third-order valence-electron chi connectivity index (χ3n) is 2.25. The van der Waals surface area contributed by atoms with E-state index in [1.54, 1.807) is 0 Å². The Balaban J connectivity index is 0.000000396. The standard InChI is InChI=1S/C10H13N.C2H2/c1-8-2-3-10-7-11-5-4-9(10)6-8;1-2/h2-3,6,11H,4-5,7H2,1H3;1-2H. The van der Waals surface area contributed by atoms with Gasteiger partial charge in [0.1, 0.15) is 0 Å². The Bertz CT molecular complexity index is 299. The van der Waals surface area contributed by atoms with E-state index in [-0.39, 0.29) is 0 Å². The van der Waals surface area contributed by atoms with Gasteiger partial charge in [0.25, 0.3) is 0 Å². The van der Waals surface area contributed by atoms with Crippen molar-refractivity contribution in [1.82, 2.24) is 5.32 Å². The van der Waals surface area contributed by atoms with Crippen LogP contribution in [0, 0.1) is 19.8 Å². The van der Waals surface area contributed by atoms with Crippen LogP contribution in [-0.2, 0) is 13.0 Å². The Labute approximate surface area is 80.2 Å². The summed E-state index contributed by atoms with van der Waals surface area (Å²) in [6.45, 7) is 4.34. The number of terminal acetylenes is 1. The van der Waals surface area contributed by atoms with Gasteiger partial charge in [0, 0.05) is 6.54 Å². The van der Waals surface area contributed by atoms with Crippen molar-refractivity contribution in [2.24, 2.45) is 0 Å². The molecule has 0 aliphatic carbocycles. The van der Waals surface area contributed by atoms with E-state index in [4.69, 9.17) is 0 Å². The first-order chi connectivity index (χ1) is 6.36. The maximum Gasteiger partial charge on any atom is 0.0208 e. The third kappa shape index (κ3) is 2.34. The number of hydrogen-bond acceptors (Lipinski definition) is 1. The van der Waals surface area contributed by atoms with Crippen molar-refractivity contribution in [3.63, 3.8) is 0 Å². The number of rotatable bonds is 0. The molecule has 0 aromatic heterocycles. The minimum Gasteiger partial charge on any atom is -0.312 e. The fourth-order valence-corrected chi connectivity index (χ4v) is 1.61. The molecule has 1 N–H and O–H groups in total. The molecule has 0 amide bonds. The fourth-order valence-electron chi connectivity index (χ4n) is 1.61. The molecule has 0 fully saturated rings. The first kappa shape index (κ1) is 9.83. The Morgan fingerprint density at radius 3 is 2.77 bits per heavy atom. The Morgan fingerprint density at radius 2 is 2.00 bits per heavy atom. The number of hydrogen-bond donors (Lipinski definition) is 1. The lowest BCUT2D eigenvalue weighted by Crippen LogP contribution is -2.23. The number of fused-ring (bicyclic) bond motifs is 1. The molecule has 1 heteroatoms. The van der Waals surface area contributed by atoms with Gasteiger partial charge in [-0.3, -0.25) is 0 Å². The molecule has 1 aliphatic heterocycles.